The second-order valence-electron chi connectivity index (χ2n) is 10.2. The maximum Gasteiger partial charge on any atom is 0.0763 e. The number of benzene rings is 3. The van der Waals surface area contributed by atoms with Crippen LogP contribution in [-0.2, 0) is 32.5 Å². The van der Waals surface area contributed by atoms with Crippen LogP contribution in [0.5, 0.6) is 0 Å². The van der Waals surface area contributed by atoms with E-state index in [9.17, 15) is 10.2 Å². The molecule has 200 valence electrons. The summed E-state index contributed by atoms with van der Waals surface area (Å²) in [5.41, 5.74) is 8.29. The van der Waals surface area contributed by atoms with E-state index in [0.717, 1.165) is 30.4 Å². The Kier molecular flexibility index (Phi) is 13.6. The molecule has 0 aliphatic heterocycles. The van der Waals surface area contributed by atoms with E-state index >= 15 is 0 Å². The average Bonchev–Trinajstić information content (AvgIpc) is 2.88. The Morgan fingerprint density at radius 1 is 0.622 bits per heavy atom. The summed E-state index contributed by atoms with van der Waals surface area (Å²) >= 11 is 1.81. The van der Waals surface area contributed by atoms with Crippen LogP contribution < -0.4 is 0 Å². The maximum absolute atomic E-state index is 9.79. The quantitative estimate of drug-likeness (QED) is 0.135. The van der Waals surface area contributed by atoms with E-state index in [4.69, 9.17) is 0 Å². The van der Waals surface area contributed by atoms with Gasteiger partial charge >= 0.3 is 97.7 Å². The average molecular weight is 582 g/mol. The zero-order valence-corrected chi connectivity index (χ0v) is 25.2. The van der Waals surface area contributed by atoms with Crippen LogP contribution >= 0.6 is 0 Å². The Morgan fingerprint density at radius 3 is 1.35 bits per heavy atom. The van der Waals surface area contributed by atoms with Crippen molar-refractivity contribution >= 4 is 5.69 Å². The molecule has 0 spiro atoms. The van der Waals surface area contributed by atoms with Crippen molar-refractivity contribution in [2.24, 2.45) is 3.50 Å². The van der Waals surface area contributed by atoms with E-state index in [1.54, 1.807) is 13.8 Å². The van der Waals surface area contributed by atoms with Gasteiger partial charge in [-0.1, -0.05) is 59.7 Å². The Labute approximate surface area is 236 Å². The third-order valence-electron chi connectivity index (χ3n) is 6.51. The molecule has 0 aliphatic carbocycles. The fourth-order valence-corrected chi connectivity index (χ4v) is 4.99. The molecule has 0 aliphatic rings. The fourth-order valence-electron chi connectivity index (χ4n) is 4.47. The van der Waals surface area contributed by atoms with E-state index < -0.39 is 12.2 Å². The molecule has 2 N–H and O–H groups in total. The number of hydrogen-bond donors (Lipinski definition) is 2. The molecule has 3 nitrogen and oxygen atoms in total. The maximum atomic E-state index is 9.79. The van der Waals surface area contributed by atoms with E-state index in [2.05, 4.69) is 74.4 Å². The van der Waals surface area contributed by atoms with Crippen molar-refractivity contribution in [3.63, 3.8) is 0 Å². The molecule has 0 saturated heterocycles. The summed E-state index contributed by atoms with van der Waals surface area (Å²) in [5.74, 6) is 1.10. The van der Waals surface area contributed by atoms with Gasteiger partial charge in [-0.15, -0.1) is 0 Å². The second kappa shape index (κ2) is 16.1. The first-order chi connectivity index (χ1) is 17.7. The normalized spacial score (nSPS) is 12.7. The number of hydrogen-bond acceptors (Lipinski definition) is 3. The predicted octanol–water partition coefficient (Wildman–Crippen LogP) is 8.67. The Bertz CT molecular complexity index is 1030. The van der Waals surface area contributed by atoms with Crippen molar-refractivity contribution in [1.82, 2.24) is 0 Å². The fraction of sp³-hybridized carbons (Fsp3) is 0.394. The summed E-state index contributed by atoms with van der Waals surface area (Å²) in [4.78, 5) is 0. The van der Waals surface area contributed by atoms with Gasteiger partial charge in [-0.05, 0) is 25.0 Å². The minimum atomic E-state index is -0.429. The third kappa shape index (κ3) is 9.71. The first kappa shape index (κ1) is 31.3. The van der Waals surface area contributed by atoms with Crippen molar-refractivity contribution < 1.29 is 29.8 Å². The molecule has 2 atom stereocenters. The minimum absolute atomic E-state index is 0.429. The zero-order valence-electron chi connectivity index (χ0n) is 23.2. The molecule has 0 radical (unpaired) electrons. The minimum Gasteiger partial charge on any atom is -0.389 e. The van der Waals surface area contributed by atoms with Crippen LogP contribution in [0.4, 0.5) is 5.69 Å². The number of rotatable bonds is 11. The van der Waals surface area contributed by atoms with Gasteiger partial charge in [0.1, 0.15) is 0 Å². The standard InChI is InChI=1S/C21H26O2.C12H17N.Mo/c1-16(22)20-14-8-6-12-18(20)10-4-3-5-11-19-13-7-9-15-21(19)17(2)23;1-8(2)10-6-5-7-11(9(3)4)12(10)13;/h4-9,12-17,22-23H,3,10-11H2,1-2H3;5-9H,1-4H3;/q-2;;. The molecular weight excluding hydrogens is 538 g/mol. The van der Waals surface area contributed by atoms with Crippen LogP contribution in [0.3, 0.4) is 0 Å². The van der Waals surface area contributed by atoms with Gasteiger partial charge in [-0.25, -0.2) is 0 Å². The number of aliphatic hydroxyl groups excluding tert-OH is 2. The van der Waals surface area contributed by atoms with Gasteiger partial charge < -0.3 is 29.5 Å². The van der Waals surface area contributed by atoms with Crippen LogP contribution in [-0.4, -0.2) is 10.2 Å². The summed E-state index contributed by atoms with van der Waals surface area (Å²) in [6, 6.07) is 22.6. The van der Waals surface area contributed by atoms with Crippen LogP contribution in [0, 0.1) is 12.8 Å². The van der Waals surface area contributed by atoms with Crippen LogP contribution in [0.15, 0.2) is 70.2 Å². The summed E-state index contributed by atoms with van der Waals surface area (Å²) in [7, 11) is 0. The van der Waals surface area contributed by atoms with Gasteiger partial charge in [0.05, 0.1) is 12.2 Å². The van der Waals surface area contributed by atoms with E-state index in [1.807, 2.05) is 56.0 Å². The van der Waals surface area contributed by atoms with Crippen LogP contribution in [0.2, 0.25) is 0 Å². The summed E-state index contributed by atoms with van der Waals surface area (Å²) in [6.07, 6.45) is 6.22. The smallest absolute Gasteiger partial charge is 0.0763 e. The molecule has 37 heavy (non-hydrogen) atoms. The van der Waals surface area contributed by atoms with Gasteiger partial charge in [-0.3, -0.25) is 0 Å². The summed E-state index contributed by atoms with van der Waals surface area (Å²) < 4.78 is 4.42. The third-order valence-corrected chi connectivity index (χ3v) is 6.95. The molecular formula is C33H43MoNO2-2. The topological polar surface area (TPSA) is 52.8 Å². The molecule has 0 saturated carbocycles. The van der Waals surface area contributed by atoms with Crippen molar-refractivity contribution in [2.45, 2.75) is 84.8 Å². The number of unbranched alkanes of at least 4 members (excludes halogenated alkanes) is 2. The van der Waals surface area contributed by atoms with Gasteiger partial charge in [0.2, 0.25) is 0 Å². The second-order valence-corrected chi connectivity index (χ2v) is 10.6. The molecule has 0 heterocycles. The molecule has 3 aromatic rings. The largest absolute Gasteiger partial charge is 0.389 e. The van der Waals surface area contributed by atoms with Crippen molar-refractivity contribution in [3.05, 3.63) is 113 Å². The molecule has 0 fully saturated rings. The number of nitrogens with zero attached hydrogens (tertiary/aromatic N) is 1. The van der Waals surface area contributed by atoms with Crippen molar-refractivity contribution in [1.29, 1.82) is 0 Å². The van der Waals surface area contributed by atoms with E-state index in [0.29, 0.717) is 11.8 Å². The van der Waals surface area contributed by atoms with Crippen LogP contribution in [0.1, 0.15) is 105 Å². The summed E-state index contributed by atoms with van der Waals surface area (Å²) in [6.45, 7) is 12.5. The molecule has 0 bridgehead atoms. The predicted molar refractivity (Wildman–Crippen MR) is 151 cm³/mol. The summed E-state index contributed by atoms with van der Waals surface area (Å²) in [5, 5.41) is 19.6. The van der Waals surface area contributed by atoms with Crippen molar-refractivity contribution in [2.75, 3.05) is 0 Å². The van der Waals surface area contributed by atoms with Gasteiger partial charge in [0.15, 0.2) is 0 Å². The zero-order chi connectivity index (χ0) is 27.4. The SMILES string of the molecule is CC(C)c1cccc(C(C)C)c1[N]=[Mo].CC(O)c1ccccc1C[CH-]C[CH-]Cc1ccccc1C(C)O. The molecule has 2 unspecified atom stereocenters. The Balaban J connectivity index is 0.000000294. The Morgan fingerprint density at radius 2 is 1.00 bits per heavy atom. The Hall–Kier alpha value is -1.93. The van der Waals surface area contributed by atoms with Crippen molar-refractivity contribution in [3.8, 4) is 0 Å². The molecule has 3 rings (SSSR count). The molecule has 3 aromatic carbocycles. The van der Waals surface area contributed by atoms with Gasteiger partial charge in [0, 0.05) is 0 Å². The van der Waals surface area contributed by atoms with Crippen LogP contribution in [0.25, 0.3) is 0 Å². The number of aliphatic hydroxyl groups is 2. The molecule has 4 heteroatoms. The van der Waals surface area contributed by atoms with Gasteiger partial charge in [0.25, 0.3) is 0 Å². The van der Waals surface area contributed by atoms with Gasteiger partial charge in [-0.2, -0.15) is 12.8 Å². The first-order valence-corrected chi connectivity index (χ1v) is 14.2. The monoisotopic (exact) mass is 583 g/mol. The van der Waals surface area contributed by atoms with E-state index in [-0.39, 0.29) is 0 Å². The van der Waals surface area contributed by atoms with E-state index in [1.165, 1.54) is 27.9 Å². The molecule has 0 aromatic heterocycles. The molecule has 0 amide bonds. The first-order valence-electron chi connectivity index (χ1n) is 13.3.